The third kappa shape index (κ3) is 3.11. The summed E-state index contributed by atoms with van der Waals surface area (Å²) in [4.78, 5) is 11.6. The van der Waals surface area contributed by atoms with E-state index < -0.39 is 16.1 Å². The van der Waals surface area contributed by atoms with Crippen molar-refractivity contribution in [3.63, 3.8) is 0 Å². The first-order chi connectivity index (χ1) is 12.4. The summed E-state index contributed by atoms with van der Waals surface area (Å²) < 4.78 is 33.9. The molecule has 2 aromatic carbocycles. The third-order valence-electron chi connectivity index (χ3n) is 4.49. The average molecular weight is 370 g/mol. The third-order valence-corrected chi connectivity index (χ3v) is 6.02. The first-order valence-electron chi connectivity index (χ1n) is 8.36. The molecule has 1 atom stereocenters. The minimum absolute atomic E-state index is 0.0512. The van der Waals surface area contributed by atoms with E-state index in [1.807, 2.05) is 30.3 Å². The number of carbonyl (C=O) groups is 1. The molecule has 0 saturated carbocycles. The Balaban J connectivity index is 1.59. The molecule has 2 heterocycles. The van der Waals surface area contributed by atoms with Crippen LogP contribution in [-0.4, -0.2) is 14.3 Å². The van der Waals surface area contributed by atoms with Crippen LogP contribution in [0.15, 0.2) is 57.8 Å². The van der Waals surface area contributed by atoms with Gasteiger partial charge in [0.15, 0.2) is 0 Å². The highest BCUT2D eigenvalue weighted by atomic mass is 32.2. The van der Waals surface area contributed by atoms with Crippen molar-refractivity contribution in [2.24, 2.45) is 0 Å². The Morgan fingerprint density at radius 2 is 1.92 bits per heavy atom. The highest BCUT2D eigenvalue weighted by Gasteiger charge is 2.23. The van der Waals surface area contributed by atoms with Crippen LogP contribution in [-0.2, 0) is 21.2 Å². The van der Waals surface area contributed by atoms with E-state index >= 15 is 0 Å². The zero-order chi connectivity index (χ0) is 18.3. The van der Waals surface area contributed by atoms with Gasteiger partial charge in [0.1, 0.15) is 11.3 Å². The van der Waals surface area contributed by atoms with Crippen molar-refractivity contribution in [2.75, 3.05) is 5.32 Å². The SMILES string of the molecule is C[C@@H](NS(=O)(=O)c1ccc2c(c1)CCC(=O)N2)c1cc2ccccc2o1. The molecule has 0 fully saturated rings. The van der Waals surface area contributed by atoms with Gasteiger partial charge >= 0.3 is 0 Å². The van der Waals surface area contributed by atoms with Gasteiger partial charge in [0.05, 0.1) is 10.9 Å². The normalized spacial score (nSPS) is 15.5. The van der Waals surface area contributed by atoms with Crippen LogP contribution in [0.3, 0.4) is 0 Å². The second kappa shape index (κ2) is 6.26. The number of carbonyl (C=O) groups excluding carboxylic acids is 1. The van der Waals surface area contributed by atoms with E-state index in [4.69, 9.17) is 4.42 Å². The molecular weight excluding hydrogens is 352 g/mol. The molecule has 134 valence electrons. The van der Waals surface area contributed by atoms with E-state index in [1.165, 1.54) is 6.07 Å². The first-order valence-corrected chi connectivity index (χ1v) is 9.84. The number of benzene rings is 2. The molecule has 1 aliphatic heterocycles. The van der Waals surface area contributed by atoms with E-state index in [2.05, 4.69) is 10.0 Å². The van der Waals surface area contributed by atoms with Crippen molar-refractivity contribution in [2.45, 2.75) is 30.7 Å². The molecule has 4 rings (SSSR count). The van der Waals surface area contributed by atoms with E-state index in [9.17, 15) is 13.2 Å². The number of rotatable bonds is 4. The Morgan fingerprint density at radius 3 is 2.73 bits per heavy atom. The van der Waals surface area contributed by atoms with Crippen LogP contribution in [0.4, 0.5) is 5.69 Å². The van der Waals surface area contributed by atoms with Crippen LogP contribution in [0.2, 0.25) is 0 Å². The van der Waals surface area contributed by atoms with E-state index in [0.717, 1.165) is 16.5 Å². The molecule has 26 heavy (non-hydrogen) atoms. The molecule has 0 radical (unpaired) electrons. The maximum Gasteiger partial charge on any atom is 0.241 e. The van der Waals surface area contributed by atoms with Crippen LogP contribution in [0.5, 0.6) is 0 Å². The topological polar surface area (TPSA) is 88.4 Å². The lowest BCUT2D eigenvalue weighted by Gasteiger charge is -2.18. The molecule has 1 amide bonds. The number of sulfonamides is 1. The zero-order valence-corrected chi connectivity index (χ0v) is 15.0. The molecule has 1 aromatic heterocycles. The number of hydrogen-bond acceptors (Lipinski definition) is 4. The Kier molecular flexibility index (Phi) is 4.05. The number of para-hydroxylation sites is 1. The Labute approximate surface area is 151 Å². The van der Waals surface area contributed by atoms with Crippen molar-refractivity contribution in [1.82, 2.24) is 4.72 Å². The highest BCUT2D eigenvalue weighted by Crippen LogP contribution is 2.28. The fraction of sp³-hybridized carbons (Fsp3) is 0.211. The largest absolute Gasteiger partial charge is 0.459 e. The molecule has 2 N–H and O–H groups in total. The summed E-state index contributed by atoms with van der Waals surface area (Å²) in [5, 5.41) is 3.68. The maximum absolute atomic E-state index is 12.7. The summed E-state index contributed by atoms with van der Waals surface area (Å²) in [5.41, 5.74) is 2.22. The molecule has 0 unspecified atom stereocenters. The van der Waals surface area contributed by atoms with E-state index in [-0.39, 0.29) is 10.8 Å². The molecule has 3 aromatic rings. The lowest BCUT2D eigenvalue weighted by Crippen LogP contribution is -2.27. The van der Waals surface area contributed by atoms with Crippen LogP contribution in [0.25, 0.3) is 11.0 Å². The maximum atomic E-state index is 12.7. The highest BCUT2D eigenvalue weighted by molar-refractivity contribution is 7.89. The van der Waals surface area contributed by atoms with Crippen LogP contribution >= 0.6 is 0 Å². The summed E-state index contributed by atoms with van der Waals surface area (Å²) >= 11 is 0. The quantitative estimate of drug-likeness (QED) is 0.737. The van der Waals surface area contributed by atoms with Gasteiger partial charge in [0.2, 0.25) is 15.9 Å². The van der Waals surface area contributed by atoms with Crippen LogP contribution in [0, 0.1) is 0 Å². The molecule has 6 nitrogen and oxygen atoms in total. The molecule has 0 saturated heterocycles. The molecule has 0 spiro atoms. The second-order valence-corrected chi connectivity index (χ2v) is 8.11. The molecule has 0 bridgehead atoms. The molecular formula is C19H18N2O4S. The first kappa shape index (κ1) is 16.8. The smallest absolute Gasteiger partial charge is 0.241 e. The Bertz CT molecular complexity index is 1070. The Hall–Kier alpha value is -2.64. The van der Waals surface area contributed by atoms with Gasteiger partial charge in [0.25, 0.3) is 0 Å². The fourth-order valence-corrected chi connectivity index (χ4v) is 4.36. The van der Waals surface area contributed by atoms with Crippen molar-refractivity contribution in [3.05, 3.63) is 59.9 Å². The van der Waals surface area contributed by atoms with Crippen molar-refractivity contribution < 1.29 is 17.6 Å². The van der Waals surface area contributed by atoms with Crippen LogP contribution < -0.4 is 10.0 Å². The number of amides is 1. The van der Waals surface area contributed by atoms with Gasteiger partial charge in [-0.05, 0) is 49.2 Å². The van der Waals surface area contributed by atoms with Gasteiger partial charge in [-0.1, -0.05) is 18.2 Å². The van der Waals surface area contributed by atoms with Crippen molar-refractivity contribution in [1.29, 1.82) is 0 Å². The average Bonchev–Trinajstić information content (AvgIpc) is 3.05. The fourth-order valence-electron chi connectivity index (χ4n) is 3.10. The predicted molar refractivity (Wildman–Crippen MR) is 98.3 cm³/mol. The van der Waals surface area contributed by atoms with Gasteiger partial charge in [-0.2, -0.15) is 0 Å². The molecule has 7 heteroatoms. The minimum Gasteiger partial charge on any atom is -0.459 e. The number of furan rings is 1. The number of fused-ring (bicyclic) bond motifs is 2. The van der Waals surface area contributed by atoms with Gasteiger partial charge in [-0.25, -0.2) is 13.1 Å². The summed E-state index contributed by atoms with van der Waals surface area (Å²) in [5.74, 6) is 0.504. The number of aryl methyl sites for hydroxylation is 1. The number of anilines is 1. The van der Waals surface area contributed by atoms with Crippen molar-refractivity contribution in [3.8, 4) is 0 Å². The second-order valence-electron chi connectivity index (χ2n) is 6.40. The molecule has 0 aliphatic carbocycles. The van der Waals surface area contributed by atoms with Gasteiger partial charge < -0.3 is 9.73 Å². The van der Waals surface area contributed by atoms with Gasteiger partial charge in [-0.3, -0.25) is 4.79 Å². The predicted octanol–water partition coefficient (Wildman–Crippen LogP) is 3.36. The van der Waals surface area contributed by atoms with Gasteiger partial charge in [0, 0.05) is 17.5 Å². The lowest BCUT2D eigenvalue weighted by atomic mass is 10.0. The Morgan fingerprint density at radius 1 is 1.12 bits per heavy atom. The summed E-state index contributed by atoms with van der Waals surface area (Å²) in [7, 11) is -3.71. The van der Waals surface area contributed by atoms with Crippen LogP contribution in [0.1, 0.15) is 30.7 Å². The number of hydrogen-bond donors (Lipinski definition) is 2. The number of nitrogens with one attached hydrogen (secondary N) is 2. The van der Waals surface area contributed by atoms with Gasteiger partial charge in [-0.15, -0.1) is 0 Å². The summed E-state index contributed by atoms with van der Waals surface area (Å²) in [6.07, 6.45) is 0.892. The minimum atomic E-state index is -3.71. The van der Waals surface area contributed by atoms with E-state index in [1.54, 1.807) is 19.1 Å². The monoisotopic (exact) mass is 370 g/mol. The standard InChI is InChI=1S/C19H18N2O4S/c1-12(18-11-14-4-2-3-5-17(14)25-18)21-26(23,24)15-7-8-16-13(10-15)6-9-19(22)20-16/h2-5,7-8,10-12,21H,6,9H2,1H3,(H,20,22)/t12-/m1/s1. The molecule has 1 aliphatic rings. The zero-order valence-electron chi connectivity index (χ0n) is 14.2. The van der Waals surface area contributed by atoms with E-state index in [0.29, 0.717) is 24.3 Å². The summed E-state index contributed by atoms with van der Waals surface area (Å²) in [6, 6.07) is 13.6. The van der Waals surface area contributed by atoms with Crippen molar-refractivity contribution >= 4 is 32.6 Å². The lowest BCUT2D eigenvalue weighted by molar-refractivity contribution is -0.116. The summed E-state index contributed by atoms with van der Waals surface area (Å²) in [6.45, 7) is 1.74.